The van der Waals surface area contributed by atoms with Gasteiger partial charge in [0.1, 0.15) is 5.82 Å². The van der Waals surface area contributed by atoms with Crippen LogP contribution < -0.4 is 10.6 Å². The SMILES string of the molecule is CC(N)c1ccc(N2CCn3ccnc3C2)cc1Cl. The quantitative estimate of drug-likeness (QED) is 0.917. The summed E-state index contributed by atoms with van der Waals surface area (Å²) < 4.78 is 2.19. The van der Waals surface area contributed by atoms with Crippen molar-refractivity contribution in [1.29, 1.82) is 0 Å². The molecule has 19 heavy (non-hydrogen) atoms. The predicted octanol–water partition coefficient (Wildman–Crippen LogP) is 2.58. The molecular weight excluding hydrogens is 260 g/mol. The summed E-state index contributed by atoms with van der Waals surface area (Å²) in [5.41, 5.74) is 8.00. The van der Waals surface area contributed by atoms with Gasteiger partial charge in [0.15, 0.2) is 0 Å². The van der Waals surface area contributed by atoms with E-state index in [1.165, 1.54) is 0 Å². The molecule has 1 aliphatic rings. The number of benzene rings is 1. The Labute approximate surface area is 117 Å². The molecule has 2 heterocycles. The van der Waals surface area contributed by atoms with Crippen molar-refractivity contribution in [2.24, 2.45) is 5.73 Å². The van der Waals surface area contributed by atoms with Crippen LogP contribution in [0.2, 0.25) is 5.02 Å². The maximum Gasteiger partial charge on any atom is 0.128 e. The van der Waals surface area contributed by atoms with E-state index in [4.69, 9.17) is 17.3 Å². The lowest BCUT2D eigenvalue weighted by Crippen LogP contribution is -2.33. The zero-order valence-electron chi connectivity index (χ0n) is 10.9. The average molecular weight is 277 g/mol. The molecule has 3 rings (SSSR count). The van der Waals surface area contributed by atoms with Gasteiger partial charge in [0, 0.05) is 42.2 Å². The highest BCUT2D eigenvalue weighted by atomic mass is 35.5. The highest BCUT2D eigenvalue weighted by molar-refractivity contribution is 6.31. The molecule has 2 N–H and O–H groups in total. The molecule has 0 saturated heterocycles. The van der Waals surface area contributed by atoms with E-state index in [-0.39, 0.29) is 6.04 Å². The van der Waals surface area contributed by atoms with E-state index in [0.29, 0.717) is 0 Å². The van der Waals surface area contributed by atoms with E-state index in [1.807, 2.05) is 31.5 Å². The average Bonchev–Trinajstić information content (AvgIpc) is 2.85. The van der Waals surface area contributed by atoms with E-state index in [0.717, 1.165) is 41.7 Å². The zero-order chi connectivity index (χ0) is 13.4. The van der Waals surface area contributed by atoms with E-state index in [2.05, 4.69) is 20.5 Å². The van der Waals surface area contributed by atoms with Crippen LogP contribution in [0.15, 0.2) is 30.6 Å². The third-order valence-electron chi connectivity index (χ3n) is 3.58. The van der Waals surface area contributed by atoms with Crippen molar-refractivity contribution in [2.45, 2.75) is 26.1 Å². The number of rotatable bonds is 2. The molecule has 0 radical (unpaired) electrons. The topological polar surface area (TPSA) is 47.1 Å². The highest BCUT2D eigenvalue weighted by Gasteiger charge is 2.17. The van der Waals surface area contributed by atoms with Crippen molar-refractivity contribution >= 4 is 17.3 Å². The minimum absolute atomic E-state index is 0.0400. The van der Waals surface area contributed by atoms with E-state index < -0.39 is 0 Å². The van der Waals surface area contributed by atoms with Crippen molar-refractivity contribution in [3.63, 3.8) is 0 Å². The summed E-state index contributed by atoms with van der Waals surface area (Å²) in [6, 6.07) is 6.06. The molecule has 1 atom stereocenters. The molecule has 0 amide bonds. The van der Waals surface area contributed by atoms with Crippen LogP contribution in [0, 0.1) is 0 Å². The smallest absolute Gasteiger partial charge is 0.128 e. The van der Waals surface area contributed by atoms with Gasteiger partial charge in [-0.15, -0.1) is 0 Å². The van der Waals surface area contributed by atoms with Crippen LogP contribution in [-0.4, -0.2) is 16.1 Å². The number of halogens is 1. The maximum atomic E-state index is 6.30. The fraction of sp³-hybridized carbons (Fsp3) is 0.357. The van der Waals surface area contributed by atoms with Crippen LogP contribution >= 0.6 is 11.6 Å². The number of hydrogen-bond acceptors (Lipinski definition) is 3. The monoisotopic (exact) mass is 276 g/mol. The van der Waals surface area contributed by atoms with Gasteiger partial charge in [-0.1, -0.05) is 17.7 Å². The second-order valence-corrected chi connectivity index (χ2v) is 5.36. The molecule has 2 aromatic rings. The first-order valence-electron chi connectivity index (χ1n) is 6.45. The lowest BCUT2D eigenvalue weighted by Gasteiger charge is -2.30. The minimum atomic E-state index is -0.0400. The van der Waals surface area contributed by atoms with Gasteiger partial charge in [-0.25, -0.2) is 4.98 Å². The van der Waals surface area contributed by atoms with Crippen LogP contribution in [0.3, 0.4) is 0 Å². The Morgan fingerprint density at radius 2 is 2.21 bits per heavy atom. The third kappa shape index (κ3) is 2.33. The fourth-order valence-corrected chi connectivity index (χ4v) is 2.82. The fourth-order valence-electron chi connectivity index (χ4n) is 2.48. The highest BCUT2D eigenvalue weighted by Crippen LogP contribution is 2.28. The summed E-state index contributed by atoms with van der Waals surface area (Å²) in [5, 5.41) is 0.737. The predicted molar refractivity (Wildman–Crippen MR) is 77.3 cm³/mol. The van der Waals surface area contributed by atoms with Gasteiger partial charge in [0.2, 0.25) is 0 Å². The first-order valence-corrected chi connectivity index (χ1v) is 6.83. The molecule has 0 bridgehead atoms. The van der Waals surface area contributed by atoms with Crippen LogP contribution in [-0.2, 0) is 13.1 Å². The largest absolute Gasteiger partial charge is 0.362 e. The van der Waals surface area contributed by atoms with Crippen molar-refractivity contribution in [2.75, 3.05) is 11.4 Å². The third-order valence-corrected chi connectivity index (χ3v) is 3.91. The number of nitrogens with zero attached hydrogens (tertiary/aromatic N) is 3. The molecule has 1 aromatic heterocycles. The van der Waals surface area contributed by atoms with Gasteiger partial charge in [-0.05, 0) is 24.6 Å². The Bertz CT molecular complexity index is 591. The van der Waals surface area contributed by atoms with Gasteiger partial charge in [0.25, 0.3) is 0 Å². The first-order chi connectivity index (χ1) is 9.15. The number of hydrogen-bond donors (Lipinski definition) is 1. The zero-order valence-corrected chi connectivity index (χ0v) is 11.6. The minimum Gasteiger partial charge on any atom is -0.362 e. The maximum absolute atomic E-state index is 6.30. The molecule has 0 aliphatic carbocycles. The Kier molecular flexibility index (Phi) is 3.21. The number of nitrogens with two attached hydrogens (primary N) is 1. The molecule has 4 nitrogen and oxygen atoms in total. The normalized spacial score (nSPS) is 16.3. The van der Waals surface area contributed by atoms with Gasteiger partial charge < -0.3 is 15.2 Å². The van der Waals surface area contributed by atoms with Gasteiger partial charge in [-0.2, -0.15) is 0 Å². The lowest BCUT2D eigenvalue weighted by atomic mass is 10.1. The van der Waals surface area contributed by atoms with Crippen LogP contribution in [0.1, 0.15) is 24.4 Å². The number of fused-ring (bicyclic) bond motifs is 1. The van der Waals surface area contributed by atoms with Crippen LogP contribution in [0.4, 0.5) is 5.69 Å². The number of aromatic nitrogens is 2. The summed E-state index contributed by atoms with van der Waals surface area (Å²) in [5.74, 6) is 1.10. The van der Waals surface area contributed by atoms with E-state index >= 15 is 0 Å². The Morgan fingerprint density at radius 3 is 2.95 bits per heavy atom. The number of imidazole rings is 1. The second kappa shape index (κ2) is 4.87. The van der Waals surface area contributed by atoms with E-state index in [1.54, 1.807) is 0 Å². The molecule has 5 heteroatoms. The summed E-state index contributed by atoms with van der Waals surface area (Å²) in [6.07, 6.45) is 3.88. The lowest BCUT2D eigenvalue weighted by molar-refractivity contribution is 0.560. The molecule has 1 unspecified atom stereocenters. The number of anilines is 1. The molecule has 1 aliphatic heterocycles. The summed E-state index contributed by atoms with van der Waals surface area (Å²) in [4.78, 5) is 6.66. The molecule has 0 fully saturated rings. The Hall–Kier alpha value is -1.52. The second-order valence-electron chi connectivity index (χ2n) is 4.95. The van der Waals surface area contributed by atoms with Crippen molar-refractivity contribution in [3.05, 3.63) is 47.0 Å². The van der Waals surface area contributed by atoms with Gasteiger partial charge in [0.05, 0.1) is 6.54 Å². The Balaban J connectivity index is 1.86. The van der Waals surface area contributed by atoms with Gasteiger partial charge >= 0.3 is 0 Å². The first kappa shape index (κ1) is 12.5. The van der Waals surface area contributed by atoms with Crippen molar-refractivity contribution in [1.82, 2.24) is 9.55 Å². The molecule has 0 saturated carbocycles. The molecule has 0 spiro atoms. The van der Waals surface area contributed by atoms with Crippen LogP contribution in [0.5, 0.6) is 0 Å². The summed E-state index contributed by atoms with van der Waals surface area (Å²) in [6.45, 7) is 4.69. The van der Waals surface area contributed by atoms with Gasteiger partial charge in [-0.3, -0.25) is 0 Å². The molecular formula is C14H17ClN4. The van der Waals surface area contributed by atoms with E-state index in [9.17, 15) is 0 Å². The molecule has 1 aromatic carbocycles. The van der Waals surface area contributed by atoms with Crippen molar-refractivity contribution in [3.8, 4) is 0 Å². The van der Waals surface area contributed by atoms with Crippen LogP contribution in [0.25, 0.3) is 0 Å². The Morgan fingerprint density at radius 1 is 1.37 bits per heavy atom. The summed E-state index contributed by atoms with van der Waals surface area (Å²) in [7, 11) is 0. The summed E-state index contributed by atoms with van der Waals surface area (Å²) >= 11 is 6.30. The van der Waals surface area contributed by atoms with Crippen molar-refractivity contribution < 1.29 is 0 Å². The molecule has 100 valence electrons. The standard InChI is InChI=1S/C14H17ClN4/c1-10(16)12-3-2-11(8-13(12)15)19-7-6-18-5-4-17-14(18)9-19/h2-5,8,10H,6-7,9,16H2,1H3.